The van der Waals surface area contributed by atoms with Crippen molar-refractivity contribution in [3.8, 4) is 0 Å². The van der Waals surface area contributed by atoms with Crippen LogP contribution in [0, 0.1) is 0 Å². The highest BCUT2D eigenvalue weighted by Crippen LogP contribution is 2.16. The standard InChI is InChI=1S/C10H18N4O3S2/c1-4-5-11-10-13-12-8(18-10)9(15)14(2)6-7-19(3,16)17/h4-7H2,1-3H3,(H,11,13). The molecule has 108 valence electrons. The molecule has 7 nitrogen and oxygen atoms in total. The van der Waals surface area contributed by atoms with Crippen molar-refractivity contribution in [1.29, 1.82) is 0 Å². The Labute approximate surface area is 116 Å². The third kappa shape index (κ3) is 5.52. The molecular weight excluding hydrogens is 288 g/mol. The number of nitrogens with zero attached hydrogens (tertiary/aromatic N) is 3. The maximum absolute atomic E-state index is 12.0. The maximum atomic E-state index is 12.0. The number of carbonyl (C=O) groups is 1. The molecule has 0 bridgehead atoms. The van der Waals surface area contributed by atoms with Crippen LogP contribution in [0.3, 0.4) is 0 Å². The summed E-state index contributed by atoms with van der Waals surface area (Å²) in [7, 11) is -1.53. The molecule has 0 saturated heterocycles. The van der Waals surface area contributed by atoms with Crippen molar-refractivity contribution in [2.24, 2.45) is 0 Å². The van der Waals surface area contributed by atoms with Crippen LogP contribution in [0.5, 0.6) is 0 Å². The van der Waals surface area contributed by atoms with Gasteiger partial charge in [0.05, 0.1) is 5.75 Å². The molecule has 0 aliphatic heterocycles. The Balaban J connectivity index is 2.59. The molecule has 1 rings (SSSR count). The van der Waals surface area contributed by atoms with Crippen LogP contribution in [0.4, 0.5) is 5.13 Å². The van der Waals surface area contributed by atoms with E-state index in [1.165, 1.54) is 16.2 Å². The van der Waals surface area contributed by atoms with Gasteiger partial charge in [-0.3, -0.25) is 4.79 Å². The van der Waals surface area contributed by atoms with Crippen LogP contribution in [-0.2, 0) is 9.84 Å². The molecule has 0 radical (unpaired) electrons. The zero-order valence-corrected chi connectivity index (χ0v) is 12.8. The number of aromatic nitrogens is 2. The van der Waals surface area contributed by atoms with E-state index in [0.29, 0.717) is 5.13 Å². The Bertz CT molecular complexity index is 527. The number of anilines is 1. The van der Waals surface area contributed by atoms with Gasteiger partial charge in [-0.2, -0.15) is 0 Å². The summed E-state index contributed by atoms with van der Waals surface area (Å²) in [5.41, 5.74) is 0. The first kappa shape index (κ1) is 15.8. The molecule has 0 atom stereocenters. The summed E-state index contributed by atoms with van der Waals surface area (Å²) in [4.78, 5) is 13.3. The van der Waals surface area contributed by atoms with Crippen molar-refractivity contribution in [1.82, 2.24) is 15.1 Å². The van der Waals surface area contributed by atoms with Crippen LogP contribution in [0.25, 0.3) is 0 Å². The van der Waals surface area contributed by atoms with Gasteiger partial charge in [-0.05, 0) is 6.42 Å². The first-order valence-electron chi connectivity index (χ1n) is 5.84. The molecule has 0 saturated carbocycles. The molecule has 1 N–H and O–H groups in total. The van der Waals surface area contributed by atoms with Crippen LogP contribution in [-0.4, -0.2) is 61.6 Å². The van der Waals surface area contributed by atoms with Gasteiger partial charge in [0.1, 0.15) is 9.84 Å². The fraction of sp³-hybridized carbons (Fsp3) is 0.700. The van der Waals surface area contributed by atoms with Crippen molar-refractivity contribution >= 4 is 32.2 Å². The van der Waals surface area contributed by atoms with Gasteiger partial charge in [0.2, 0.25) is 10.1 Å². The highest BCUT2D eigenvalue weighted by molar-refractivity contribution is 7.90. The number of sulfone groups is 1. The summed E-state index contributed by atoms with van der Waals surface area (Å²) in [6.45, 7) is 2.95. The van der Waals surface area contributed by atoms with Crippen molar-refractivity contribution in [2.45, 2.75) is 13.3 Å². The predicted molar refractivity (Wildman–Crippen MR) is 75.4 cm³/mol. The van der Waals surface area contributed by atoms with Crippen molar-refractivity contribution in [3.05, 3.63) is 5.01 Å². The summed E-state index contributed by atoms with van der Waals surface area (Å²) >= 11 is 1.17. The average molecular weight is 306 g/mol. The van der Waals surface area contributed by atoms with E-state index in [9.17, 15) is 13.2 Å². The molecule has 0 spiro atoms. The monoisotopic (exact) mass is 306 g/mol. The fourth-order valence-corrected chi connectivity index (χ4v) is 2.55. The van der Waals surface area contributed by atoms with Gasteiger partial charge >= 0.3 is 0 Å². The second kappa shape index (κ2) is 6.80. The van der Waals surface area contributed by atoms with Gasteiger partial charge in [-0.25, -0.2) is 8.42 Å². The molecular formula is C10H18N4O3S2. The Kier molecular flexibility index (Phi) is 5.67. The minimum atomic E-state index is -3.08. The lowest BCUT2D eigenvalue weighted by molar-refractivity contribution is 0.0802. The maximum Gasteiger partial charge on any atom is 0.284 e. The van der Waals surface area contributed by atoms with Crippen molar-refractivity contribution in [2.75, 3.05) is 37.5 Å². The van der Waals surface area contributed by atoms with Crippen LogP contribution in [0.2, 0.25) is 0 Å². The number of hydrogen-bond acceptors (Lipinski definition) is 7. The molecule has 1 aromatic heterocycles. The third-order valence-corrected chi connectivity index (χ3v) is 4.07. The molecule has 0 unspecified atom stereocenters. The van der Waals surface area contributed by atoms with Gasteiger partial charge in [-0.1, -0.05) is 18.3 Å². The smallest absolute Gasteiger partial charge is 0.284 e. The van der Waals surface area contributed by atoms with E-state index in [2.05, 4.69) is 15.5 Å². The summed E-state index contributed by atoms with van der Waals surface area (Å²) < 4.78 is 22.1. The van der Waals surface area contributed by atoms with Crippen LogP contribution >= 0.6 is 11.3 Å². The second-order valence-electron chi connectivity index (χ2n) is 4.20. The quantitative estimate of drug-likeness (QED) is 0.787. The Morgan fingerprint density at radius 3 is 2.68 bits per heavy atom. The van der Waals surface area contributed by atoms with E-state index in [1.807, 2.05) is 6.92 Å². The number of rotatable bonds is 7. The third-order valence-electron chi connectivity index (χ3n) is 2.28. The molecule has 1 aromatic rings. The lowest BCUT2D eigenvalue weighted by Gasteiger charge is -2.14. The zero-order valence-electron chi connectivity index (χ0n) is 11.2. The molecule has 19 heavy (non-hydrogen) atoms. The van der Waals surface area contributed by atoms with Gasteiger partial charge in [0.15, 0.2) is 0 Å². The number of nitrogens with one attached hydrogen (secondary N) is 1. The number of amides is 1. The largest absolute Gasteiger partial charge is 0.360 e. The van der Waals surface area contributed by atoms with E-state index >= 15 is 0 Å². The normalized spacial score (nSPS) is 11.3. The first-order chi connectivity index (χ1) is 8.83. The van der Waals surface area contributed by atoms with E-state index in [1.54, 1.807) is 7.05 Å². The molecule has 0 aromatic carbocycles. The van der Waals surface area contributed by atoms with Gasteiger partial charge in [0.25, 0.3) is 5.91 Å². The minimum Gasteiger partial charge on any atom is -0.360 e. The molecule has 1 heterocycles. The highest BCUT2D eigenvalue weighted by atomic mass is 32.2. The summed E-state index contributed by atoms with van der Waals surface area (Å²) in [6, 6.07) is 0. The van der Waals surface area contributed by atoms with E-state index in [4.69, 9.17) is 0 Å². The van der Waals surface area contributed by atoms with E-state index < -0.39 is 9.84 Å². The van der Waals surface area contributed by atoms with Crippen molar-refractivity contribution < 1.29 is 13.2 Å². The van der Waals surface area contributed by atoms with Crippen LogP contribution < -0.4 is 5.32 Å². The van der Waals surface area contributed by atoms with Gasteiger partial charge < -0.3 is 10.2 Å². The number of hydrogen-bond donors (Lipinski definition) is 1. The summed E-state index contributed by atoms with van der Waals surface area (Å²) in [5, 5.41) is 11.6. The predicted octanol–water partition coefficient (Wildman–Crippen LogP) is 0.477. The molecule has 0 aliphatic carbocycles. The molecule has 1 amide bonds. The molecule has 9 heteroatoms. The van der Waals surface area contributed by atoms with E-state index in [-0.39, 0.29) is 23.2 Å². The fourth-order valence-electron chi connectivity index (χ4n) is 1.18. The van der Waals surface area contributed by atoms with Crippen molar-refractivity contribution in [3.63, 3.8) is 0 Å². The summed E-state index contributed by atoms with van der Waals surface area (Å²) in [6.07, 6.45) is 2.10. The topological polar surface area (TPSA) is 92.3 Å². The second-order valence-corrected chi connectivity index (χ2v) is 7.43. The molecule has 0 fully saturated rings. The Hall–Kier alpha value is -1.22. The molecule has 0 aliphatic rings. The lowest BCUT2D eigenvalue weighted by atomic mass is 10.5. The lowest BCUT2D eigenvalue weighted by Crippen LogP contribution is -2.31. The SMILES string of the molecule is CCCNc1nnc(C(=O)N(C)CCS(C)(=O)=O)s1. The number of carbonyl (C=O) groups excluding carboxylic acids is 1. The van der Waals surface area contributed by atoms with Crippen LogP contribution in [0.15, 0.2) is 0 Å². The Morgan fingerprint density at radius 2 is 2.11 bits per heavy atom. The van der Waals surface area contributed by atoms with Gasteiger partial charge in [-0.15, -0.1) is 10.2 Å². The van der Waals surface area contributed by atoms with Crippen LogP contribution in [0.1, 0.15) is 23.1 Å². The zero-order chi connectivity index (χ0) is 14.5. The highest BCUT2D eigenvalue weighted by Gasteiger charge is 2.18. The first-order valence-corrected chi connectivity index (χ1v) is 8.71. The average Bonchev–Trinajstić information content (AvgIpc) is 2.80. The minimum absolute atomic E-state index is 0.0605. The summed E-state index contributed by atoms with van der Waals surface area (Å²) in [5.74, 6) is -0.375. The Morgan fingerprint density at radius 1 is 1.42 bits per heavy atom. The van der Waals surface area contributed by atoms with E-state index in [0.717, 1.165) is 19.2 Å². The van der Waals surface area contributed by atoms with Gasteiger partial charge in [0, 0.05) is 26.4 Å².